The van der Waals surface area contributed by atoms with E-state index in [2.05, 4.69) is 47.0 Å². The van der Waals surface area contributed by atoms with Crippen LogP contribution in [0.4, 0.5) is 0 Å². The van der Waals surface area contributed by atoms with Crippen LogP contribution in [0.25, 0.3) is 16.6 Å². The lowest BCUT2D eigenvalue weighted by Crippen LogP contribution is -2.12. The van der Waals surface area contributed by atoms with Gasteiger partial charge in [-0.3, -0.25) is 9.36 Å². The minimum Gasteiger partial charge on any atom is -0.493 e. The second kappa shape index (κ2) is 8.23. The van der Waals surface area contributed by atoms with E-state index < -0.39 is 0 Å². The van der Waals surface area contributed by atoms with Crippen molar-refractivity contribution in [3.8, 4) is 17.2 Å². The van der Waals surface area contributed by atoms with Gasteiger partial charge in [-0.2, -0.15) is 0 Å². The molecule has 0 atom stereocenters. The van der Waals surface area contributed by atoms with Gasteiger partial charge in [-0.05, 0) is 43.2 Å². The fourth-order valence-electron chi connectivity index (χ4n) is 3.18. The number of H-pyrrole nitrogens is 1. The summed E-state index contributed by atoms with van der Waals surface area (Å²) in [6.45, 7) is 4.19. The van der Waals surface area contributed by atoms with Crippen molar-refractivity contribution >= 4 is 22.7 Å². The van der Waals surface area contributed by atoms with Gasteiger partial charge < -0.3 is 14.5 Å². The van der Waals surface area contributed by atoms with Crippen LogP contribution in [0.1, 0.15) is 17.0 Å². The predicted octanol–water partition coefficient (Wildman–Crippen LogP) is 4.04. The topological polar surface area (TPSA) is 82.0 Å². The fourth-order valence-corrected chi connectivity index (χ4v) is 4.03. The molecule has 0 aliphatic heterocycles. The van der Waals surface area contributed by atoms with Crippen LogP contribution in [0.3, 0.4) is 0 Å². The lowest BCUT2D eigenvalue weighted by molar-refractivity contribution is 0.355. The van der Waals surface area contributed by atoms with Gasteiger partial charge in [0.2, 0.25) is 0 Å². The Balaban J connectivity index is 1.62. The molecule has 0 saturated heterocycles. The number of imidazole rings is 1. The number of aromatic nitrogens is 4. The van der Waals surface area contributed by atoms with Gasteiger partial charge in [0.15, 0.2) is 16.7 Å². The first-order chi connectivity index (χ1) is 14.5. The minimum atomic E-state index is -0.214. The van der Waals surface area contributed by atoms with E-state index in [0.717, 1.165) is 10.8 Å². The van der Waals surface area contributed by atoms with Crippen molar-refractivity contribution in [2.24, 2.45) is 0 Å². The normalized spacial score (nSPS) is 11.1. The van der Waals surface area contributed by atoms with Gasteiger partial charge in [0, 0.05) is 24.1 Å². The molecule has 7 nitrogen and oxygen atoms in total. The SMILES string of the molecule is COc1cc2nc(CSc3nccn3-c3ccc(C)c(C)c3)[nH]c(=O)c2cc1OC. The molecule has 0 fully saturated rings. The first kappa shape index (κ1) is 20.0. The highest BCUT2D eigenvalue weighted by Gasteiger charge is 2.13. The van der Waals surface area contributed by atoms with E-state index in [1.165, 1.54) is 30.0 Å². The second-order valence-electron chi connectivity index (χ2n) is 6.87. The molecule has 2 heterocycles. The van der Waals surface area contributed by atoms with Crippen LogP contribution in [-0.2, 0) is 5.75 Å². The van der Waals surface area contributed by atoms with Crippen LogP contribution in [-0.4, -0.2) is 33.7 Å². The maximum Gasteiger partial charge on any atom is 0.258 e. The van der Waals surface area contributed by atoms with Gasteiger partial charge in [0.05, 0.1) is 30.9 Å². The molecule has 0 saturated carbocycles. The van der Waals surface area contributed by atoms with Crippen molar-refractivity contribution in [3.05, 3.63) is 70.0 Å². The maximum absolute atomic E-state index is 12.6. The van der Waals surface area contributed by atoms with Crippen LogP contribution in [0.2, 0.25) is 0 Å². The monoisotopic (exact) mass is 422 g/mol. The highest BCUT2D eigenvalue weighted by atomic mass is 32.2. The third-order valence-electron chi connectivity index (χ3n) is 4.97. The zero-order valence-corrected chi connectivity index (χ0v) is 18.0. The summed E-state index contributed by atoms with van der Waals surface area (Å²) < 4.78 is 12.6. The molecule has 8 heteroatoms. The smallest absolute Gasteiger partial charge is 0.258 e. The molecule has 0 unspecified atom stereocenters. The van der Waals surface area contributed by atoms with Crippen LogP contribution in [0.5, 0.6) is 11.5 Å². The highest BCUT2D eigenvalue weighted by Crippen LogP contribution is 2.30. The Morgan fingerprint density at radius 1 is 1.07 bits per heavy atom. The number of aryl methyl sites for hydroxylation is 2. The summed E-state index contributed by atoms with van der Waals surface area (Å²) in [7, 11) is 3.09. The van der Waals surface area contributed by atoms with Gasteiger partial charge in [-0.15, -0.1) is 0 Å². The van der Waals surface area contributed by atoms with E-state index in [1.807, 2.05) is 10.8 Å². The molecule has 0 bridgehead atoms. The Morgan fingerprint density at radius 3 is 2.57 bits per heavy atom. The van der Waals surface area contributed by atoms with Crippen molar-refractivity contribution in [1.29, 1.82) is 0 Å². The predicted molar refractivity (Wildman–Crippen MR) is 118 cm³/mol. The molecule has 1 N–H and O–H groups in total. The average molecular weight is 423 g/mol. The molecule has 0 aliphatic carbocycles. The minimum absolute atomic E-state index is 0.214. The molecule has 4 rings (SSSR count). The standard InChI is InChI=1S/C22H22N4O3S/c1-13-5-6-15(9-14(13)2)26-8-7-23-22(26)30-12-20-24-17-11-19(29-4)18(28-3)10-16(17)21(27)25-20/h5-11H,12H2,1-4H3,(H,24,25,27). The Hall–Kier alpha value is -3.26. The third kappa shape index (κ3) is 3.78. The van der Waals surface area contributed by atoms with E-state index in [0.29, 0.717) is 34.0 Å². The number of benzene rings is 2. The number of thioether (sulfide) groups is 1. The summed E-state index contributed by atoms with van der Waals surface area (Å²) in [6, 6.07) is 9.67. The van der Waals surface area contributed by atoms with Gasteiger partial charge >= 0.3 is 0 Å². The summed E-state index contributed by atoms with van der Waals surface area (Å²) in [5, 5.41) is 1.28. The molecule has 154 valence electrons. The van der Waals surface area contributed by atoms with Crippen molar-refractivity contribution in [2.75, 3.05) is 14.2 Å². The zero-order chi connectivity index (χ0) is 21.3. The van der Waals surface area contributed by atoms with Crippen molar-refractivity contribution in [2.45, 2.75) is 24.8 Å². The Labute approximate surface area is 178 Å². The number of nitrogens with zero attached hydrogens (tertiary/aromatic N) is 3. The summed E-state index contributed by atoms with van der Waals surface area (Å²) >= 11 is 1.51. The van der Waals surface area contributed by atoms with Gasteiger partial charge in [-0.25, -0.2) is 9.97 Å². The van der Waals surface area contributed by atoms with E-state index in [4.69, 9.17) is 9.47 Å². The lowest BCUT2D eigenvalue weighted by Gasteiger charge is -2.10. The van der Waals surface area contributed by atoms with Gasteiger partial charge in [-0.1, -0.05) is 17.8 Å². The number of nitrogens with one attached hydrogen (secondary N) is 1. The molecule has 2 aromatic heterocycles. The number of methoxy groups -OCH3 is 2. The quantitative estimate of drug-likeness (QED) is 0.473. The molecule has 30 heavy (non-hydrogen) atoms. The summed E-state index contributed by atoms with van der Waals surface area (Å²) in [5.41, 5.74) is 3.87. The van der Waals surface area contributed by atoms with E-state index in [1.54, 1.807) is 25.4 Å². The molecule has 0 amide bonds. The van der Waals surface area contributed by atoms with E-state index in [9.17, 15) is 4.79 Å². The number of fused-ring (bicyclic) bond motifs is 1. The average Bonchev–Trinajstić information content (AvgIpc) is 3.22. The van der Waals surface area contributed by atoms with Crippen LogP contribution in [0.15, 0.2) is 52.7 Å². The van der Waals surface area contributed by atoms with E-state index >= 15 is 0 Å². The molecular formula is C22H22N4O3S. The van der Waals surface area contributed by atoms with Gasteiger partial charge in [0.25, 0.3) is 5.56 Å². The third-order valence-corrected chi connectivity index (χ3v) is 5.95. The molecule has 0 radical (unpaired) electrons. The van der Waals surface area contributed by atoms with Crippen LogP contribution >= 0.6 is 11.8 Å². The molecule has 4 aromatic rings. The van der Waals surface area contributed by atoms with Crippen LogP contribution in [0, 0.1) is 13.8 Å². The van der Waals surface area contributed by atoms with Crippen molar-refractivity contribution in [1.82, 2.24) is 19.5 Å². The lowest BCUT2D eigenvalue weighted by atomic mass is 10.1. The zero-order valence-electron chi connectivity index (χ0n) is 17.2. The Bertz CT molecular complexity index is 1280. The molecular weight excluding hydrogens is 400 g/mol. The summed E-state index contributed by atoms with van der Waals surface area (Å²) in [6.07, 6.45) is 3.70. The Kier molecular flexibility index (Phi) is 5.50. The Morgan fingerprint density at radius 2 is 1.83 bits per heavy atom. The number of hydrogen-bond donors (Lipinski definition) is 1. The first-order valence-electron chi connectivity index (χ1n) is 9.39. The molecule has 2 aromatic carbocycles. The number of rotatable bonds is 6. The molecule has 0 spiro atoms. The number of aromatic amines is 1. The van der Waals surface area contributed by atoms with Crippen molar-refractivity contribution < 1.29 is 9.47 Å². The van der Waals surface area contributed by atoms with Crippen molar-refractivity contribution in [3.63, 3.8) is 0 Å². The second-order valence-corrected chi connectivity index (χ2v) is 7.82. The first-order valence-corrected chi connectivity index (χ1v) is 10.4. The highest BCUT2D eigenvalue weighted by molar-refractivity contribution is 7.98. The number of hydrogen-bond acceptors (Lipinski definition) is 6. The number of ether oxygens (including phenoxy) is 2. The summed E-state index contributed by atoms with van der Waals surface area (Å²) in [5.74, 6) is 2.07. The van der Waals surface area contributed by atoms with Crippen LogP contribution < -0.4 is 15.0 Å². The molecule has 0 aliphatic rings. The van der Waals surface area contributed by atoms with E-state index in [-0.39, 0.29) is 5.56 Å². The largest absolute Gasteiger partial charge is 0.493 e. The maximum atomic E-state index is 12.6. The summed E-state index contributed by atoms with van der Waals surface area (Å²) in [4.78, 5) is 24.5. The fraction of sp³-hybridized carbons (Fsp3) is 0.227. The van der Waals surface area contributed by atoms with Gasteiger partial charge in [0.1, 0.15) is 5.82 Å².